The number of para-hydroxylation sites is 1. The lowest BCUT2D eigenvalue weighted by Gasteiger charge is -2.10. The number of hydrogen-bond acceptors (Lipinski definition) is 4. The number of anilines is 1. The molecule has 0 radical (unpaired) electrons. The molecule has 0 unspecified atom stereocenters. The number of aliphatic carboxylic acids is 1. The number of carboxylic acid groups (broad SMARTS) is 1. The second-order valence-corrected chi connectivity index (χ2v) is 4.07. The molecule has 7 nitrogen and oxygen atoms in total. The van der Waals surface area contributed by atoms with Crippen molar-refractivity contribution in [2.75, 3.05) is 11.9 Å². The highest BCUT2D eigenvalue weighted by Gasteiger charge is 2.14. The van der Waals surface area contributed by atoms with Crippen LogP contribution in [0.3, 0.4) is 0 Å². The molecule has 0 saturated heterocycles. The van der Waals surface area contributed by atoms with E-state index in [0.717, 1.165) is 5.39 Å². The van der Waals surface area contributed by atoms with Gasteiger partial charge in [-0.25, -0.2) is 9.59 Å². The first-order valence-electron chi connectivity index (χ1n) is 5.87. The van der Waals surface area contributed by atoms with Gasteiger partial charge in [0.15, 0.2) is 6.10 Å². The Bertz CT molecular complexity index is 639. The Hall–Kier alpha value is -2.67. The quantitative estimate of drug-likeness (QED) is 0.659. The summed E-state index contributed by atoms with van der Waals surface area (Å²) in [4.78, 5) is 26.2. The summed E-state index contributed by atoms with van der Waals surface area (Å²) in [5.41, 5.74) is 1.13. The third kappa shape index (κ3) is 3.21. The van der Waals surface area contributed by atoms with Gasteiger partial charge in [-0.3, -0.25) is 4.98 Å². The summed E-state index contributed by atoms with van der Waals surface area (Å²) in [6.45, 7) is -0.376. The third-order valence-electron chi connectivity index (χ3n) is 2.62. The number of amides is 2. The van der Waals surface area contributed by atoms with E-state index in [1.165, 1.54) is 0 Å². The number of nitrogens with one attached hydrogen (secondary N) is 2. The van der Waals surface area contributed by atoms with Gasteiger partial charge in [-0.2, -0.15) is 0 Å². The minimum absolute atomic E-state index is 0.376. The van der Waals surface area contributed by atoms with Gasteiger partial charge in [0.05, 0.1) is 17.7 Å². The standard InChI is InChI=1S/C13H13N3O4/c17-10(12(18)19)7-15-13(20)16-9-5-1-3-8-4-2-6-14-11(8)9/h1-6,10,17H,7H2,(H,18,19)(H2,15,16,20)/t10-/m0/s1. The normalized spacial score (nSPS) is 11.8. The number of hydrogen-bond donors (Lipinski definition) is 4. The largest absolute Gasteiger partial charge is 0.479 e. The first-order valence-corrected chi connectivity index (χ1v) is 5.87. The molecule has 0 saturated carbocycles. The van der Waals surface area contributed by atoms with Crippen LogP contribution in [-0.4, -0.2) is 39.8 Å². The lowest BCUT2D eigenvalue weighted by Crippen LogP contribution is -2.38. The molecule has 2 rings (SSSR count). The van der Waals surface area contributed by atoms with Crippen molar-refractivity contribution >= 4 is 28.6 Å². The van der Waals surface area contributed by atoms with Crippen molar-refractivity contribution in [1.29, 1.82) is 0 Å². The molecule has 0 bridgehead atoms. The molecular weight excluding hydrogens is 262 g/mol. The van der Waals surface area contributed by atoms with Crippen LogP contribution in [-0.2, 0) is 4.79 Å². The van der Waals surface area contributed by atoms with Gasteiger partial charge >= 0.3 is 12.0 Å². The van der Waals surface area contributed by atoms with Crippen LogP contribution in [0.25, 0.3) is 10.9 Å². The number of carboxylic acids is 1. The van der Waals surface area contributed by atoms with Gasteiger partial charge in [-0.1, -0.05) is 18.2 Å². The number of benzene rings is 1. The molecule has 1 aromatic carbocycles. The van der Waals surface area contributed by atoms with E-state index in [1.54, 1.807) is 24.4 Å². The van der Waals surface area contributed by atoms with Gasteiger partial charge < -0.3 is 20.8 Å². The number of aliphatic hydroxyl groups excluding tert-OH is 1. The van der Waals surface area contributed by atoms with Crippen LogP contribution in [0, 0.1) is 0 Å². The van der Waals surface area contributed by atoms with Gasteiger partial charge in [0.25, 0.3) is 0 Å². The molecule has 0 aliphatic rings. The number of rotatable bonds is 4. The van der Waals surface area contributed by atoms with Crippen LogP contribution in [0.5, 0.6) is 0 Å². The van der Waals surface area contributed by atoms with Gasteiger partial charge in [0.1, 0.15) is 0 Å². The highest BCUT2D eigenvalue weighted by atomic mass is 16.4. The topological polar surface area (TPSA) is 112 Å². The monoisotopic (exact) mass is 275 g/mol. The van der Waals surface area contributed by atoms with Crippen LogP contribution < -0.4 is 10.6 Å². The zero-order valence-electron chi connectivity index (χ0n) is 10.4. The Morgan fingerprint density at radius 1 is 1.25 bits per heavy atom. The summed E-state index contributed by atoms with van der Waals surface area (Å²) in [5, 5.41) is 23.3. The van der Waals surface area contributed by atoms with Crippen molar-refractivity contribution in [1.82, 2.24) is 10.3 Å². The Morgan fingerprint density at radius 2 is 2.00 bits per heavy atom. The maximum absolute atomic E-state index is 11.6. The van der Waals surface area contributed by atoms with E-state index in [0.29, 0.717) is 11.2 Å². The van der Waals surface area contributed by atoms with Crippen molar-refractivity contribution in [3.8, 4) is 0 Å². The molecule has 2 amide bonds. The maximum Gasteiger partial charge on any atom is 0.334 e. The second kappa shape index (κ2) is 5.98. The summed E-state index contributed by atoms with van der Waals surface area (Å²) in [5.74, 6) is -1.39. The molecule has 20 heavy (non-hydrogen) atoms. The smallest absolute Gasteiger partial charge is 0.334 e. The van der Waals surface area contributed by atoms with Gasteiger partial charge in [0.2, 0.25) is 0 Å². The second-order valence-electron chi connectivity index (χ2n) is 4.07. The van der Waals surface area contributed by atoms with Crippen molar-refractivity contribution in [3.63, 3.8) is 0 Å². The molecule has 0 aliphatic carbocycles. The minimum Gasteiger partial charge on any atom is -0.479 e. The Balaban J connectivity index is 2.05. The summed E-state index contributed by atoms with van der Waals surface area (Å²) in [6, 6.07) is 8.35. The fourth-order valence-corrected chi connectivity index (χ4v) is 1.65. The molecular formula is C13H13N3O4. The first kappa shape index (κ1) is 13.8. The number of fused-ring (bicyclic) bond motifs is 1. The molecule has 2 aromatic rings. The molecule has 1 heterocycles. The minimum atomic E-state index is -1.63. The molecule has 1 atom stereocenters. The zero-order valence-corrected chi connectivity index (χ0v) is 10.4. The predicted molar refractivity (Wildman–Crippen MR) is 72.4 cm³/mol. The number of carbonyl (C=O) groups excluding carboxylic acids is 1. The number of carbonyl (C=O) groups is 2. The summed E-state index contributed by atoms with van der Waals surface area (Å²) in [6.07, 6.45) is -0.0223. The number of aromatic nitrogens is 1. The molecule has 1 aromatic heterocycles. The highest BCUT2D eigenvalue weighted by Crippen LogP contribution is 2.20. The number of urea groups is 1. The fourth-order valence-electron chi connectivity index (χ4n) is 1.65. The van der Waals surface area contributed by atoms with E-state index < -0.39 is 18.1 Å². The van der Waals surface area contributed by atoms with Crippen molar-refractivity contribution in [2.24, 2.45) is 0 Å². The average molecular weight is 275 g/mol. The van der Waals surface area contributed by atoms with Gasteiger partial charge in [-0.15, -0.1) is 0 Å². The van der Waals surface area contributed by atoms with Crippen LogP contribution >= 0.6 is 0 Å². The summed E-state index contributed by atoms with van der Waals surface area (Å²) >= 11 is 0. The summed E-state index contributed by atoms with van der Waals surface area (Å²) < 4.78 is 0. The van der Waals surface area contributed by atoms with E-state index in [1.807, 2.05) is 12.1 Å². The Kier molecular flexibility index (Phi) is 4.11. The van der Waals surface area contributed by atoms with Crippen molar-refractivity contribution < 1.29 is 19.8 Å². The molecule has 104 valence electrons. The van der Waals surface area contributed by atoms with E-state index in [-0.39, 0.29) is 6.54 Å². The number of nitrogens with zero attached hydrogens (tertiary/aromatic N) is 1. The van der Waals surface area contributed by atoms with Crippen LogP contribution in [0.4, 0.5) is 10.5 Å². The van der Waals surface area contributed by atoms with Gasteiger partial charge in [-0.05, 0) is 12.1 Å². The van der Waals surface area contributed by atoms with Crippen molar-refractivity contribution in [2.45, 2.75) is 6.10 Å². The van der Waals surface area contributed by atoms with Crippen LogP contribution in [0.2, 0.25) is 0 Å². The third-order valence-corrected chi connectivity index (χ3v) is 2.62. The van der Waals surface area contributed by atoms with Gasteiger partial charge in [0, 0.05) is 11.6 Å². The van der Waals surface area contributed by atoms with E-state index in [2.05, 4.69) is 15.6 Å². The first-order chi connectivity index (χ1) is 9.58. The number of aliphatic hydroxyl groups is 1. The molecule has 0 fully saturated rings. The van der Waals surface area contributed by atoms with Crippen LogP contribution in [0.1, 0.15) is 0 Å². The van der Waals surface area contributed by atoms with E-state index in [9.17, 15) is 9.59 Å². The van der Waals surface area contributed by atoms with E-state index >= 15 is 0 Å². The van der Waals surface area contributed by atoms with Crippen LogP contribution in [0.15, 0.2) is 36.5 Å². The maximum atomic E-state index is 11.6. The Labute approximate surface area is 114 Å². The summed E-state index contributed by atoms with van der Waals surface area (Å²) in [7, 11) is 0. The SMILES string of the molecule is O=C(NC[C@H](O)C(=O)O)Nc1cccc2cccnc12. The molecule has 7 heteroatoms. The molecule has 0 spiro atoms. The fraction of sp³-hybridized carbons (Fsp3) is 0.154. The molecule has 0 aliphatic heterocycles. The average Bonchev–Trinajstić information content (AvgIpc) is 2.45. The zero-order chi connectivity index (χ0) is 14.5. The predicted octanol–water partition coefficient (Wildman–Crippen LogP) is 0.802. The van der Waals surface area contributed by atoms with Crippen molar-refractivity contribution in [3.05, 3.63) is 36.5 Å². The van der Waals surface area contributed by atoms with E-state index in [4.69, 9.17) is 10.2 Å². The lowest BCUT2D eigenvalue weighted by molar-refractivity contribution is -0.146. The highest BCUT2D eigenvalue weighted by molar-refractivity contribution is 5.99. The number of pyridine rings is 1. The molecule has 4 N–H and O–H groups in total. The lowest BCUT2D eigenvalue weighted by atomic mass is 10.2. The Morgan fingerprint density at radius 3 is 2.75 bits per heavy atom.